The Labute approximate surface area is 98.4 Å². The van der Waals surface area contributed by atoms with E-state index in [-0.39, 0.29) is 0 Å². The first-order valence-electron chi connectivity index (χ1n) is 5.35. The highest BCUT2D eigenvalue weighted by Crippen LogP contribution is 2.20. The molecule has 0 unspecified atom stereocenters. The van der Waals surface area contributed by atoms with Crippen LogP contribution >= 0.6 is 15.9 Å². The summed E-state index contributed by atoms with van der Waals surface area (Å²) in [4.78, 5) is 2.32. The molecule has 1 nitrogen and oxygen atoms in total. The monoisotopic (exact) mass is 271 g/mol. The van der Waals surface area contributed by atoms with Crippen molar-refractivity contribution in [2.45, 2.75) is 25.6 Å². The second-order valence-electron chi connectivity index (χ2n) is 4.04. The third-order valence-electron chi connectivity index (χ3n) is 2.87. The lowest BCUT2D eigenvalue weighted by atomic mass is 10.1. The van der Waals surface area contributed by atoms with E-state index in [4.69, 9.17) is 0 Å². The molecule has 1 fully saturated rings. The lowest BCUT2D eigenvalue weighted by Gasteiger charge is -2.28. The second kappa shape index (κ2) is 5.08. The van der Waals surface area contributed by atoms with Crippen LogP contribution in [0.4, 0.5) is 4.39 Å². The number of hydrogen-bond donors (Lipinski definition) is 0. The maximum absolute atomic E-state index is 12.9. The maximum Gasteiger partial charge on any atom is 0.103 e. The molecule has 0 radical (unpaired) electrons. The Balaban J connectivity index is 1.95. The van der Waals surface area contributed by atoms with E-state index in [1.807, 2.05) is 12.1 Å². The Morgan fingerprint density at radius 2 is 1.93 bits per heavy atom. The van der Waals surface area contributed by atoms with Crippen LogP contribution in [-0.4, -0.2) is 24.2 Å². The first-order chi connectivity index (χ1) is 7.25. The van der Waals surface area contributed by atoms with Gasteiger partial charge in [-0.2, -0.15) is 0 Å². The zero-order valence-corrected chi connectivity index (χ0v) is 10.2. The van der Waals surface area contributed by atoms with Gasteiger partial charge in [0, 0.05) is 24.1 Å². The van der Waals surface area contributed by atoms with Gasteiger partial charge >= 0.3 is 0 Å². The average Bonchev–Trinajstić information content (AvgIpc) is 2.25. The van der Waals surface area contributed by atoms with E-state index in [0.717, 1.165) is 24.1 Å². The van der Waals surface area contributed by atoms with Gasteiger partial charge in [-0.1, -0.05) is 34.1 Å². The Hall–Kier alpha value is -0.410. The summed E-state index contributed by atoms with van der Waals surface area (Å²) >= 11 is 3.53. The standard InChI is InChI=1S/C12H15BrFN/c13-12-4-2-1-3-10(12)9-15-7-5-11(14)6-8-15/h1-4,11H,5-9H2. The van der Waals surface area contributed by atoms with E-state index in [9.17, 15) is 4.39 Å². The largest absolute Gasteiger partial charge is 0.299 e. The summed E-state index contributed by atoms with van der Waals surface area (Å²) in [5.41, 5.74) is 1.29. The molecule has 1 aromatic rings. The van der Waals surface area contributed by atoms with E-state index in [0.29, 0.717) is 12.8 Å². The van der Waals surface area contributed by atoms with Gasteiger partial charge in [0.15, 0.2) is 0 Å². The maximum atomic E-state index is 12.9. The molecular weight excluding hydrogens is 257 g/mol. The van der Waals surface area contributed by atoms with Crippen molar-refractivity contribution in [3.63, 3.8) is 0 Å². The van der Waals surface area contributed by atoms with Crippen molar-refractivity contribution in [2.24, 2.45) is 0 Å². The quantitative estimate of drug-likeness (QED) is 0.797. The number of rotatable bonds is 2. The Bertz CT molecular complexity index is 321. The summed E-state index contributed by atoms with van der Waals surface area (Å²) < 4.78 is 14.1. The van der Waals surface area contributed by atoms with Gasteiger partial charge in [-0.15, -0.1) is 0 Å². The second-order valence-corrected chi connectivity index (χ2v) is 4.90. The minimum atomic E-state index is -0.583. The number of benzene rings is 1. The Morgan fingerprint density at radius 1 is 1.27 bits per heavy atom. The fourth-order valence-electron chi connectivity index (χ4n) is 1.93. The summed E-state index contributed by atoms with van der Waals surface area (Å²) in [6.07, 6.45) is 0.787. The van der Waals surface area contributed by atoms with Crippen molar-refractivity contribution in [3.8, 4) is 0 Å². The van der Waals surface area contributed by atoms with Crippen LogP contribution in [0.25, 0.3) is 0 Å². The lowest BCUT2D eigenvalue weighted by molar-refractivity contribution is 0.145. The summed E-state index contributed by atoms with van der Waals surface area (Å²) in [5.74, 6) is 0. The van der Waals surface area contributed by atoms with Gasteiger partial charge < -0.3 is 0 Å². The van der Waals surface area contributed by atoms with Crippen LogP contribution in [-0.2, 0) is 6.54 Å². The summed E-state index contributed by atoms with van der Waals surface area (Å²) in [7, 11) is 0. The van der Waals surface area contributed by atoms with Crippen LogP contribution in [0.15, 0.2) is 28.7 Å². The number of likely N-dealkylation sites (tertiary alicyclic amines) is 1. The first kappa shape index (κ1) is 11.1. The predicted octanol–water partition coefficient (Wildman–Crippen LogP) is 3.38. The van der Waals surface area contributed by atoms with E-state index < -0.39 is 6.17 Å². The molecule has 0 bridgehead atoms. The van der Waals surface area contributed by atoms with Gasteiger partial charge in [0.05, 0.1) is 0 Å². The Morgan fingerprint density at radius 3 is 2.60 bits per heavy atom. The molecule has 1 aromatic carbocycles. The predicted molar refractivity (Wildman–Crippen MR) is 63.5 cm³/mol. The van der Waals surface area contributed by atoms with E-state index >= 15 is 0 Å². The topological polar surface area (TPSA) is 3.24 Å². The minimum absolute atomic E-state index is 0.583. The first-order valence-corrected chi connectivity index (χ1v) is 6.15. The normalized spacial score (nSPS) is 19.3. The van der Waals surface area contributed by atoms with Crippen molar-refractivity contribution in [3.05, 3.63) is 34.3 Å². The summed E-state index contributed by atoms with van der Waals surface area (Å²) in [5, 5.41) is 0. The highest BCUT2D eigenvalue weighted by molar-refractivity contribution is 9.10. The highest BCUT2D eigenvalue weighted by atomic mass is 79.9. The fraction of sp³-hybridized carbons (Fsp3) is 0.500. The molecule has 0 saturated carbocycles. The highest BCUT2D eigenvalue weighted by Gasteiger charge is 2.18. The van der Waals surface area contributed by atoms with Gasteiger partial charge in [0.25, 0.3) is 0 Å². The minimum Gasteiger partial charge on any atom is -0.299 e. The van der Waals surface area contributed by atoms with Crippen molar-refractivity contribution < 1.29 is 4.39 Å². The molecule has 0 amide bonds. The molecule has 1 saturated heterocycles. The molecule has 1 heterocycles. The number of halogens is 2. The number of nitrogens with zero attached hydrogens (tertiary/aromatic N) is 1. The van der Waals surface area contributed by atoms with Crippen molar-refractivity contribution in [1.82, 2.24) is 4.90 Å². The van der Waals surface area contributed by atoms with Crippen LogP contribution in [0, 0.1) is 0 Å². The summed E-state index contributed by atoms with van der Waals surface area (Å²) in [6.45, 7) is 2.68. The zero-order chi connectivity index (χ0) is 10.7. The molecule has 0 N–H and O–H groups in total. The van der Waals surface area contributed by atoms with Crippen molar-refractivity contribution in [1.29, 1.82) is 0 Å². The third-order valence-corrected chi connectivity index (χ3v) is 3.64. The Kier molecular flexibility index (Phi) is 3.76. The summed E-state index contributed by atoms with van der Waals surface area (Å²) in [6, 6.07) is 8.23. The molecule has 0 atom stereocenters. The fourth-order valence-corrected chi connectivity index (χ4v) is 2.34. The van der Waals surface area contributed by atoms with E-state index in [2.05, 4.69) is 33.0 Å². The molecule has 0 spiro atoms. The average molecular weight is 272 g/mol. The molecule has 0 aromatic heterocycles. The lowest BCUT2D eigenvalue weighted by Crippen LogP contribution is -2.33. The van der Waals surface area contributed by atoms with Gasteiger partial charge in [0.1, 0.15) is 6.17 Å². The molecule has 15 heavy (non-hydrogen) atoms. The molecule has 3 heteroatoms. The molecular formula is C12H15BrFN. The molecule has 2 rings (SSSR count). The molecule has 82 valence electrons. The van der Waals surface area contributed by atoms with Crippen molar-refractivity contribution >= 4 is 15.9 Å². The smallest absolute Gasteiger partial charge is 0.103 e. The number of alkyl halides is 1. The molecule has 1 aliphatic rings. The van der Waals surface area contributed by atoms with Crippen LogP contribution in [0.2, 0.25) is 0 Å². The van der Waals surface area contributed by atoms with Gasteiger partial charge in [-0.3, -0.25) is 4.90 Å². The SMILES string of the molecule is FC1CCN(Cc2ccccc2Br)CC1. The molecule has 0 aliphatic carbocycles. The molecule has 1 aliphatic heterocycles. The van der Waals surface area contributed by atoms with Gasteiger partial charge in [-0.25, -0.2) is 4.39 Å². The van der Waals surface area contributed by atoms with Gasteiger partial charge in [-0.05, 0) is 24.5 Å². The van der Waals surface area contributed by atoms with Crippen molar-refractivity contribution in [2.75, 3.05) is 13.1 Å². The third kappa shape index (κ3) is 3.02. The number of hydrogen-bond acceptors (Lipinski definition) is 1. The van der Waals surface area contributed by atoms with Crippen LogP contribution < -0.4 is 0 Å². The van der Waals surface area contributed by atoms with Crippen LogP contribution in [0.1, 0.15) is 18.4 Å². The van der Waals surface area contributed by atoms with Gasteiger partial charge in [0.2, 0.25) is 0 Å². The van der Waals surface area contributed by atoms with Crippen LogP contribution in [0.5, 0.6) is 0 Å². The zero-order valence-electron chi connectivity index (χ0n) is 8.63. The van der Waals surface area contributed by atoms with E-state index in [1.165, 1.54) is 5.56 Å². The van der Waals surface area contributed by atoms with E-state index in [1.54, 1.807) is 0 Å². The number of piperidine rings is 1. The van der Waals surface area contributed by atoms with Crippen LogP contribution in [0.3, 0.4) is 0 Å².